The number of allylic oxidation sites excluding steroid dienone is 1. The van der Waals surface area contributed by atoms with Gasteiger partial charge in [-0.1, -0.05) is 49.2 Å². The molecule has 0 atom stereocenters. The minimum Gasteiger partial charge on any atom is -0.369 e. The Hall–Kier alpha value is -3.20. The van der Waals surface area contributed by atoms with E-state index in [0.717, 1.165) is 61.8 Å². The number of rotatable bonds is 9. The molecule has 1 fully saturated rings. The van der Waals surface area contributed by atoms with Gasteiger partial charge in [0, 0.05) is 62.2 Å². The first-order chi connectivity index (χ1) is 20.1. The molecule has 3 aromatic rings. The second kappa shape index (κ2) is 13.0. The predicted molar refractivity (Wildman–Crippen MR) is 169 cm³/mol. The van der Waals surface area contributed by atoms with Crippen LogP contribution in [0.2, 0.25) is 5.02 Å². The van der Waals surface area contributed by atoms with Crippen molar-refractivity contribution in [3.8, 4) is 0 Å². The van der Waals surface area contributed by atoms with Gasteiger partial charge in [-0.3, -0.25) is 14.7 Å². The van der Waals surface area contributed by atoms with Gasteiger partial charge in [-0.25, -0.2) is 13.1 Å². The number of nitrogens with one attached hydrogen (secondary N) is 1. The molecule has 222 valence electrons. The fraction of sp³-hybridized carbons (Fsp3) is 0.394. The number of aryl methyl sites for hydroxylation is 1. The molecule has 5 rings (SSSR count). The van der Waals surface area contributed by atoms with E-state index in [0.29, 0.717) is 11.8 Å². The van der Waals surface area contributed by atoms with Gasteiger partial charge in [0.2, 0.25) is 5.91 Å². The van der Waals surface area contributed by atoms with Gasteiger partial charge in [0.25, 0.3) is 10.0 Å². The van der Waals surface area contributed by atoms with Crippen molar-refractivity contribution in [1.82, 2.24) is 14.6 Å². The topological polar surface area (TPSA) is 82.6 Å². The van der Waals surface area contributed by atoms with Crippen molar-refractivity contribution in [2.45, 2.75) is 50.8 Å². The molecule has 2 aliphatic rings. The van der Waals surface area contributed by atoms with Crippen LogP contribution in [0.1, 0.15) is 50.7 Å². The molecule has 1 N–H and O–H groups in total. The summed E-state index contributed by atoms with van der Waals surface area (Å²) in [5.74, 6) is -0.532. The van der Waals surface area contributed by atoms with E-state index in [1.807, 2.05) is 30.3 Å². The third kappa shape index (κ3) is 7.79. The molecular formula is C33H39ClN4O3S. The van der Waals surface area contributed by atoms with Crippen LogP contribution in [0.4, 0.5) is 5.69 Å². The number of aromatic nitrogens is 1. The Morgan fingerprint density at radius 3 is 2.38 bits per heavy atom. The van der Waals surface area contributed by atoms with Crippen LogP contribution in [0.25, 0.3) is 5.57 Å². The molecule has 1 amide bonds. The highest BCUT2D eigenvalue weighted by Gasteiger charge is 2.29. The number of hydrogen-bond acceptors (Lipinski definition) is 6. The molecule has 2 aromatic carbocycles. The molecule has 9 heteroatoms. The first kappa shape index (κ1) is 30.3. The van der Waals surface area contributed by atoms with Crippen molar-refractivity contribution in [3.63, 3.8) is 0 Å². The highest BCUT2D eigenvalue weighted by Crippen LogP contribution is 2.43. The monoisotopic (exact) mass is 606 g/mol. The van der Waals surface area contributed by atoms with E-state index in [1.165, 1.54) is 23.1 Å². The Labute approximate surface area is 254 Å². The minimum absolute atomic E-state index is 0.0726. The maximum absolute atomic E-state index is 12.8. The molecule has 42 heavy (non-hydrogen) atoms. The van der Waals surface area contributed by atoms with Crippen LogP contribution in [0.3, 0.4) is 0 Å². The molecular weight excluding hydrogens is 568 g/mol. The molecule has 0 saturated carbocycles. The number of carbonyl (C=O) groups is 1. The zero-order chi connectivity index (χ0) is 29.7. The number of halogens is 1. The second-order valence-corrected chi connectivity index (χ2v) is 14.2. The van der Waals surface area contributed by atoms with E-state index in [-0.39, 0.29) is 11.3 Å². The number of hydrogen-bond donors (Lipinski definition) is 1. The average molecular weight is 607 g/mol. The van der Waals surface area contributed by atoms with Crippen molar-refractivity contribution in [1.29, 1.82) is 0 Å². The van der Waals surface area contributed by atoms with Crippen LogP contribution in [0.15, 0.2) is 83.5 Å². The van der Waals surface area contributed by atoms with Gasteiger partial charge in [-0.2, -0.15) is 0 Å². The summed E-state index contributed by atoms with van der Waals surface area (Å²) in [5, 5.41) is 0.763. The predicted octanol–water partition coefficient (Wildman–Crippen LogP) is 5.96. The van der Waals surface area contributed by atoms with E-state index in [9.17, 15) is 13.2 Å². The number of amides is 1. The number of piperazine rings is 1. The van der Waals surface area contributed by atoms with E-state index in [2.05, 4.69) is 45.5 Å². The molecule has 1 aliphatic carbocycles. The zero-order valence-electron chi connectivity index (χ0n) is 24.4. The van der Waals surface area contributed by atoms with Gasteiger partial charge in [0.15, 0.2) is 0 Å². The summed E-state index contributed by atoms with van der Waals surface area (Å²) < 4.78 is 27.8. The molecule has 0 radical (unpaired) electrons. The van der Waals surface area contributed by atoms with Crippen LogP contribution in [-0.4, -0.2) is 56.9 Å². The maximum atomic E-state index is 12.8. The summed E-state index contributed by atoms with van der Waals surface area (Å²) in [6, 6.07) is 18.7. The van der Waals surface area contributed by atoms with Crippen molar-refractivity contribution in [2.24, 2.45) is 5.41 Å². The Morgan fingerprint density at radius 1 is 1.00 bits per heavy atom. The number of pyridine rings is 1. The van der Waals surface area contributed by atoms with Crippen molar-refractivity contribution in [3.05, 3.63) is 94.8 Å². The molecule has 1 aliphatic heterocycles. The number of anilines is 1. The summed E-state index contributed by atoms with van der Waals surface area (Å²) in [4.78, 5) is 21.2. The van der Waals surface area contributed by atoms with E-state index in [4.69, 9.17) is 11.6 Å². The maximum Gasteiger partial charge on any atom is 0.264 e. The SMILES string of the molecule is CC1(C)CCC(CN2CCN(c3ccc(S(=O)(=O)NC(=O)CCc4cccnc4)cc3)CC2)=C(c2ccc(Cl)cc2)C1. The lowest BCUT2D eigenvalue weighted by atomic mass is 9.72. The Bertz CT molecular complexity index is 1510. The van der Waals surface area contributed by atoms with Gasteiger partial charge in [0.05, 0.1) is 4.90 Å². The fourth-order valence-corrected chi connectivity index (χ4v) is 6.94. The third-order valence-electron chi connectivity index (χ3n) is 8.29. The van der Waals surface area contributed by atoms with Crippen LogP contribution < -0.4 is 9.62 Å². The second-order valence-electron chi connectivity index (χ2n) is 12.1. The molecule has 2 heterocycles. The first-order valence-electron chi connectivity index (χ1n) is 14.6. The molecule has 7 nitrogen and oxygen atoms in total. The summed E-state index contributed by atoms with van der Waals surface area (Å²) in [6.45, 7) is 9.29. The highest BCUT2D eigenvalue weighted by atomic mass is 35.5. The van der Waals surface area contributed by atoms with Crippen molar-refractivity contribution < 1.29 is 13.2 Å². The van der Waals surface area contributed by atoms with E-state index >= 15 is 0 Å². The Kier molecular flexibility index (Phi) is 9.35. The molecule has 1 saturated heterocycles. The van der Waals surface area contributed by atoms with Crippen LogP contribution in [0, 0.1) is 5.41 Å². The number of benzene rings is 2. The average Bonchev–Trinajstić information content (AvgIpc) is 2.98. The van der Waals surface area contributed by atoms with Gasteiger partial charge in [-0.05, 0) is 90.3 Å². The number of nitrogens with zero attached hydrogens (tertiary/aromatic N) is 3. The molecule has 0 bridgehead atoms. The van der Waals surface area contributed by atoms with Gasteiger partial charge < -0.3 is 4.90 Å². The lowest BCUT2D eigenvalue weighted by Gasteiger charge is -2.39. The highest BCUT2D eigenvalue weighted by molar-refractivity contribution is 7.90. The third-order valence-corrected chi connectivity index (χ3v) is 9.93. The summed E-state index contributed by atoms with van der Waals surface area (Å²) >= 11 is 6.17. The smallest absolute Gasteiger partial charge is 0.264 e. The Balaban J connectivity index is 1.16. The first-order valence-corrected chi connectivity index (χ1v) is 16.4. The lowest BCUT2D eigenvalue weighted by molar-refractivity contribution is -0.119. The van der Waals surface area contributed by atoms with Crippen LogP contribution in [0.5, 0.6) is 0 Å². The van der Waals surface area contributed by atoms with Gasteiger partial charge >= 0.3 is 0 Å². The van der Waals surface area contributed by atoms with Crippen LogP contribution >= 0.6 is 11.6 Å². The number of sulfonamides is 1. The quantitative estimate of drug-likeness (QED) is 0.324. The van der Waals surface area contributed by atoms with E-state index in [1.54, 1.807) is 30.6 Å². The Morgan fingerprint density at radius 2 is 1.71 bits per heavy atom. The van der Waals surface area contributed by atoms with Crippen molar-refractivity contribution >= 4 is 38.8 Å². The van der Waals surface area contributed by atoms with Crippen molar-refractivity contribution in [2.75, 3.05) is 37.6 Å². The van der Waals surface area contributed by atoms with Crippen LogP contribution in [-0.2, 0) is 21.2 Å². The number of carbonyl (C=O) groups excluding carboxylic acids is 1. The van der Waals surface area contributed by atoms with Gasteiger partial charge in [-0.15, -0.1) is 0 Å². The molecule has 0 unspecified atom stereocenters. The normalized spacial score (nSPS) is 17.7. The van der Waals surface area contributed by atoms with E-state index < -0.39 is 15.9 Å². The van der Waals surface area contributed by atoms with Gasteiger partial charge in [0.1, 0.15) is 0 Å². The standard InChI is InChI=1S/C33H39ClN4O3S/c1-33(2)16-15-27(31(22-33)26-6-8-28(34)9-7-26)24-37-18-20-38(21-19-37)29-10-12-30(13-11-29)42(40,41)36-32(39)14-5-25-4-3-17-35-23-25/h3-4,6-13,17,23H,5,14-16,18-22,24H2,1-2H3,(H,36,39). The summed E-state index contributed by atoms with van der Waals surface area (Å²) in [7, 11) is -3.93. The molecule has 0 spiro atoms. The summed E-state index contributed by atoms with van der Waals surface area (Å²) in [5.41, 5.74) is 6.43. The largest absolute Gasteiger partial charge is 0.369 e. The molecule has 1 aromatic heterocycles. The zero-order valence-corrected chi connectivity index (χ0v) is 25.9. The lowest BCUT2D eigenvalue weighted by Crippen LogP contribution is -2.47. The minimum atomic E-state index is -3.93. The summed E-state index contributed by atoms with van der Waals surface area (Å²) in [6.07, 6.45) is 7.21. The fourth-order valence-electron chi connectivity index (χ4n) is 5.80.